The van der Waals surface area contributed by atoms with E-state index in [1.54, 1.807) is 6.07 Å². The average molecular weight is 326 g/mol. The van der Waals surface area contributed by atoms with E-state index in [-0.39, 0.29) is 17.3 Å². The summed E-state index contributed by atoms with van der Waals surface area (Å²) in [5, 5.41) is 1.87. The molecule has 3 N–H and O–H groups in total. The van der Waals surface area contributed by atoms with Crippen LogP contribution in [0.4, 0.5) is 23.2 Å². The van der Waals surface area contributed by atoms with Crippen LogP contribution < -0.4 is 11.1 Å². The summed E-state index contributed by atoms with van der Waals surface area (Å²) in [6.07, 6.45) is -4.81. The highest BCUT2D eigenvalue weighted by atomic mass is 19.4. The molecule has 2 aromatic rings. The molecule has 2 amide bonds. The van der Waals surface area contributed by atoms with Crippen molar-refractivity contribution < 1.29 is 27.2 Å². The monoisotopic (exact) mass is 326 g/mol. The number of hydrogen-bond donors (Lipinski definition) is 2. The summed E-state index contributed by atoms with van der Waals surface area (Å²) in [4.78, 5) is 23.8. The van der Waals surface area contributed by atoms with Crippen LogP contribution in [0.5, 0.6) is 0 Å². The number of imide groups is 1. The quantitative estimate of drug-likeness (QED) is 0.506. The molecule has 0 bridgehead atoms. The van der Waals surface area contributed by atoms with Gasteiger partial charge in [-0.25, -0.2) is 4.39 Å². The second kappa shape index (κ2) is 6.07. The van der Waals surface area contributed by atoms with Crippen LogP contribution in [0.15, 0.2) is 42.5 Å². The van der Waals surface area contributed by atoms with Gasteiger partial charge in [0.05, 0.1) is 11.1 Å². The predicted octanol–water partition coefficient (Wildman–Crippen LogP) is 3.00. The first-order chi connectivity index (χ1) is 10.7. The molecule has 0 spiro atoms. The minimum atomic E-state index is -4.81. The Hall–Kier alpha value is -2.90. The van der Waals surface area contributed by atoms with E-state index in [1.807, 2.05) is 5.32 Å². The summed E-state index contributed by atoms with van der Waals surface area (Å²) >= 11 is 0. The fourth-order valence-electron chi connectivity index (χ4n) is 1.83. The molecule has 0 aliphatic rings. The van der Waals surface area contributed by atoms with E-state index in [1.165, 1.54) is 18.2 Å². The van der Waals surface area contributed by atoms with E-state index in [0.717, 1.165) is 0 Å². The van der Waals surface area contributed by atoms with Crippen LogP contribution in [0, 0.1) is 5.82 Å². The zero-order chi connectivity index (χ0) is 17.2. The number of rotatable bonds is 2. The van der Waals surface area contributed by atoms with Crippen LogP contribution >= 0.6 is 0 Å². The molecule has 23 heavy (non-hydrogen) atoms. The van der Waals surface area contributed by atoms with Crippen molar-refractivity contribution in [3.05, 3.63) is 65.0 Å². The molecular weight excluding hydrogens is 316 g/mol. The van der Waals surface area contributed by atoms with Crippen molar-refractivity contribution in [2.24, 2.45) is 0 Å². The van der Waals surface area contributed by atoms with Gasteiger partial charge in [-0.05, 0) is 30.3 Å². The van der Waals surface area contributed by atoms with Gasteiger partial charge in [-0.2, -0.15) is 13.2 Å². The molecule has 0 fully saturated rings. The first kappa shape index (κ1) is 16.5. The Morgan fingerprint density at radius 1 is 1.00 bits per heavy atom. The summed E-state index contributed by atoms with van der Waals surface area (Å²) in [6, 6.07) is 7.14. The van der Waals surface area contributed by atoms with Crippen LogP contribution in [-0.4, -0.2) is 11.8 Å². The standard InChI is InChI=1S/C15H10F4N2O2/c16-10-6-8(5-9(7-10)15(17,18)19)13(22)21-14(23)11-3-1-2-4-12(11)20/h1-7H,20H2,(H,21,22,23). The number of carbonyl (C=O) groups excluding carboxylic acids is 2. The summed E-state index contributed by atoms with van der Waals surface area (Å²) < 4.78 is 51.1. The summed E-state index contributed by atoms with van der Waals surface area (Å²) in [5.41, 5.74) is 3.68. The van der Waals surface area contributed by atoms with Crippen molar-refractivity contribution in [1.29, 1.82) is 0 Å². The Morgan fingerprint density at radius 3 is 2.26 bits per heavy atom. The van der Waals surface area contributed by atoms with Gasteiger partial charge in [0.25, 0.3) is 11.8 Å². The van der Waals surface area contributed by atoms with E-state index in [4.69, 9.17) is 5.73 Å². The normalized spacial score (nSPS) is 11.1. The maximum absolute atomic E-state index is 13.3. The Bertz CT molecular complexity index is 772. The number of nitrogens with one attached hydrogen (secondary N) is 1. The molecule has 0 saturated heterocycles. The van der Waals surface area contributed by atoms with Gasteiger partial charge in [-0.1, -0.05) is 12.1 Å². The van der Waals surface area contributed by atoms with E-state index < -0.39 is 34.9 Å². The number of alkyl halides is 3. The molecular formula is C15H10F4N2O2. The molecule has 0 aliphatic carbocycles. The second-order valence-corrected chi connectivity index (χ2v) is 4.60. The third-order valence-electron chi connectivity index (χ3n) is 2.92. The number of amides is 2. The first-order valence-electron chi connectivity index (χ1n) is 6.26. The Kier molecular flexibility index (Phi) is 4.35. The third kappa shape index (κ3) is 3.85. The molecule has 0 atom stereocenters. The Labute approximate surface area is 127 Å². The lowest BCUT2D eigenvalue weighted by atomic mass is 10.1. The highest BCUT2D eigenvalue weighted by Crippen LogP contribution is 2.30. The van der Waals surface area contributed by atoms with Crippen molar-refractivity contribution in [3.8, 4) is 0 Å². The fraction of sp³-hybridized carbons (Fsp3) is 0.0667. The van der Waals surface area contributed by atoms with Gasteiger partial charge in [-0.15, -0.1) is 0 Å². The molecule has 0 heterocycles. The number of anilines is 1. The van der Waals surface area contributed by atoms with Crippen LogP contribution in [0.1, 0.15) is 26.3 Å². The van der Waals surface area contributed by atoms with E-state index >= 15 is 0 Å². The molecule has 0 radical (unpaired) electrons. The van der Waals surface area contributed by atoms with Gasteiger partial charge >= 0.3 is 6.18 Å². The lowest BCUT2D eigenvalue weighted by molar-refractivity contribution is -0.137. The van der Waals surface area contributed by atoms with Gasteiger partial charge < -0.3 is 5.73 Å². The number of hydrogen-bond acceptors (Lipinski definition) is 3. The van der Waals surface area contributed by atoms with Crippen LogP contribution in [0.25, 0.3) is 0 Å². The number of benzene rings is 2. The van der Waals surface area contributed by atoms with Crippen LogP contribution in [0.2, 0.25) is 0 Å². The van der Waals surface area contributed by atoms with Gasteiger partial charge in [0.1, 0.15) is 5.82 Å². The number of halogens is 4. The van der Waals surface area contributed by atoms with Crippen molar-refractivity contribution >= 4 is 17.5 Å². The van der Waals surface area contributed by atoms with Crippen molar-refractivity contribution in [2.75, 3.05) is 5.73 Å². The third-order valence-corrected chi connectivity index (χ3v) is 2.92. The smallest absolute Gasteiger partial charge is 0.398 e. The number of nitrogen functional groups attached to an aromatic ring is 1. The van der Waals surface area contributed by atoms with Crippen molar-refractivity contribution in [2.45, 2.75) is 6.18 Å². The minimum Gasteiger partial charge on any atom is -0.398 e. The minimum absolute atomic E-state index is 0.0201. The highest BCUT2D eigenvalue weighted by molar-refractivity contribution is 6.12. The van der Waals surface area contributed by atoms with Crippen LogP contribution in [0.3, 0.4) is 0 Å². The average Bonchev–Trinajstić information content (AvgIpc) is 2.46. The number of nitrogens with two attached hydrogens (primary N) is 1. The zero-order valence-electron chi connectivity index (χ0n) is 11.4. The highest BCUT2D eigenvalue weighted by Gasteiger charge is 2.32. The van der Waals surface area contributed by atoms with Gasteiger partial charge in [0.2, 0.25) is 0 Å². The first-order valence-corrected chi connectivity index (χ1v) is 6.26. The molecule has 0 aromatic heterocycles. The fourth-order valence-corrected chi connectivity index (χ4v) is 1.83. The van der Waals surface area contributed by atoms with Crippen molar-refractivity contribution in [1.82, 2.24) is 5.32 Å². The van der Waals surface area contributed by atoms with E-state index in [9.17, 15) is 27.2 Å². The summed E-state index contributed by atoms with van der Waals surface area (Å²) in [5.74, 6) is -3.30. The predicted molar refractivity (Wildman–Crippen MR) is 74.1 cm³/mol. The SMILES string of the molecule is Nc1ccccc1C(=O)NC(=O)c1cc(F)cc(C(F)(F)F)c1. The molecule has 8 heteroatoms. The van der Waals surface area contributed by atoms with E-state index in [0.29, 0.717) is 12.1 Å². The van der Waals surface area contributed by atoms with Gasteiger partial charge in [-0.3, -0.25) is 14.9 Å². The zero-order valence-corrected chi connectivity index (χ0v) is 11.4. The Balaban J connectivity index is 2.26. The number of para-hydroxylation sites is 1. The lowest BCUT2D eigenvalue weighted by Gasteiger charge is -2.10. The lowest BCUT2D eigenvalue weighted by Crippen LogP contribution is -2.31. The molecule has 2 rings (SSSR count). The molecule has 0 aliphatic heterocycles. The topological polar surface area (TPSA) is 72.2 Å². The molecule has 4 nitrogen and oxygen atoms in total. The number of carbonyl (C=O) groups is 2. The molecule has 0 saturated carbocycles. The molecule has 120 valence electrons. The summed E-state index contributed by atoms with van der Waals surface area (Å²) in [6.45, 7) is 0. The second-order valence-electron chi connectivity index (χ2n) is 4.60. The Morgan fingerprint density at radius 2 is 1.65 bits per heavy atom. The van der Waals surface area contributed by atoms with Gasteiger partial charge in [0, 0.05) is 11.3 Å². The van der Waals surface area contributed by atoms with Gasteiger partial charge in [0.15, 0.2) is 0 Å². The van der Waals surface area contributed by atoms with E-state index in [2.05, 4.69) is 0 Å². The molecule has 0 unspecified atom stereocenters. The largest absolute Gasteiger partial charge is 0.416 e. The van der Waals surface area contributed by atoms with Crippen LogP contribution in [-0.2, 0) is 6.18 Å². The maximum atomic E-state index is 13.3. The molecule has 2 aromatic carbocycles. The maximum Gasteiger partial charge on any atom is 0.416 e. The summed E-state index contributed by atoms with van der Waals surface area (Å²) in [7, 11) is 0. The van der Waals surface area contributed by atoms with Crippen molar-refractivity contribution in [3.63, 3.8) is 0 Å².